The van der Waals surface area contributed by atoms with Gasteiger partial charge in [-0.05, 0) is 71.6 Å². The molecule has 0 saturated heterocycles. The molecule has 0 atom stereocenters. The third kappa shape index (κ3) is 4.08. The standard InChI is InChI=1S/C37H29N5O2/c1-37(2,3)23-20-32(42-29-14-8-7-12-26(29)27-13-9-18-38-35(27)42)40-33(21-23)44-25-15-16-30-28(22-25)34-31(43)17-19-39-36(34)41(30)24-10-5-4-6-11-24/h4-22H,1-3H3,(H,39,43). The highest BCUT2D eigenvalue weighted by Gasteiger charge is 2.22. The van der Waals surface area contributed by atoms with Crippen molar-refractivity contribution in [3.8, 4) is 28.9 Å². The highest BCUT2D eigenvalue weighted by atomic mass is 16.5. The Kier molecular flexibility index (Phi) is 5.71. The summed E-state index contributed by atoms with van der Waals surface area (Å²) in [6.45, 7) is 6.54. The molecule has 0 unspecified atom stereocenters. The molecule has 7 nitrogen and oxygen atoms in total. The molecule has 5 aromatic heterocycles. The van der Waals surface area contributed by atoms with Crippen molar-refractivity contribution in [2.45, 2.75) is 26.2 Å². The monoisotopic (exact) mass is 575 g/mol. The predicted octanol–water partition coefficient (Wildman–Crippen LogP) is 8.86. The summed E-state index contributed by atoms with van der Waals surface area (Å²) in [6, 6.07) is 34.0. The minimum absolute atomic E-state index is 0.160. The Morgan fingerprint density at radius 2 is 1.41 bits per heavy atom. The number of nitrogens with zero attached hydrogens (tertiary/aromatic N) is 5. The fourth-order valence-corrected chi connectivity index (χ4v) is 6.03. The summed E-state index contributed by atoms with van der Waals surface area (Å²) in [5.41, 5.74) is 5.36. The van der Waals surface area contributed by atoms with Gasteiger partial charge in [0.15, 0.2) is 0 Å². The Balaban J connectivity index is 1.31. The molecule has 3 aromatic carbocycles. The number of ether oxygens (including phenoxy) is 1. The first-order valence-corrected chi connectivity index (χ1v) is 14.6. The van der Waals surface area contributed by atoms with Crippen molar-refractivity contribution in [2.24, 2.45) is 0 Å². The van der Waals surface area contributed by atoms with E-state index in [4.69, 9.17) is 14.7 Å². The van der Waals surface area contributed by atoms with Gasteiger partial charge in [0, 0.05) is 40.3 Å². The molecule has 0 spiro atoms. The average Bonchev–Trinajstić information content (AvgIpc) is 3.54. The van der Waals surface area contributed by atoms with Crippen molar-refractivity contribution < 1.29 is 9.84 Å². The number of aromatic nitrogens is 5. The van der Waals surface area contributed by atoms with E-state index >= 15 is 0 Å². The van der Waals surface area contributed by atoms with Gasteiger partial charge in [-0.15, -0.1) is 0 Å². The number of fused-ring (bicyclic) bond motifs is 6. The van der Waals surface area contributed by atoms with E-state index < -0.39 is 0 Å². The van der Waals surface area contributed by atoms with Crippen LogP contribution in [-0.4, -0.2) is 29.2 Å². The van der Waals surface area contributed by atoms with Crippen molar-refractivity contribution in [1.82, 2.24) is 24.1 Å². The van der Waals surface area contributed by atoms with Crippen LogP contribution in [0, 0.1) is 0 Å². The maximum Gasteiger partial charge on any atom is 0.221 e. The molecule has 214 valence electrons. The first-order chi connectivity index (χ1) is 21.4. The molecule has 0 saturated carbocycles. The average molecular weight is 576 g/mol. The third-order valence-electron chi connectivity index (χ3n) is 8.15. The molecule has 8 aromatic rings. The molecule has 44 heavy (non-hydrogen) atoms. The quantitative estimate of drug-likeness (QED) is 0.227. The summed E-state index contributed by atoms with van der Waals surface area (Å²) >= 11 is 0. The van der Waals surface area contributed by atoms with Crippen molar-refractivity contribution in [3.05, 3.63) is 121 Å². The van der Waals surface area contributed by atoms with Crippen LogP contribution < -0.4 is 4.74 Å². The highest BCUT2D eigenvalue weighted by molar-refractivity contribution is 6.11. The summed E-state index contributed by atoms with van der Waals surface area (Å²) < 4.78 is 10.7. The van der Waals surface area contributed by atoms with E-state index in [0.717, 1.165) is 49.9 Å². The van der Waals surface area contributed by atoms with Crippen molar-refractivity contribution in [1.29, 1.82) is 0 Å². The first-order valence-electron chi connectivity index (χ1n) is 14.6. The number of aromatic hydroxyl groups is 1. The van der Waals surface area contributed by atoms with Gasteiger partial charge < -0.3 is 9.84 Å². The van der Waals surface area contributed by atoms with Gasteiger partial charge in [-0.25, -0.2) is 9.97 Å². The Morgan fingerprint density at radius 1 is 0.659 bits per heavy atom. The van der Waals surface area contributed by atoms with Gasteiger partial charge in [-0.3, -0.25) is 9.13 Å². The van der Waals surface area contributed by atoms with Gasteiger partial charge in [0.1, 0.15) is 28.6 Å². The highest BCUT2D eigenvalue weighted by Crippen LogP contribution is 2.39. The summed E-state index contributed by atoms with van der Waals surface area (Å²) in [4.78, 5) is 14.4. The van der Waals surface area contributed by atoms with Gasteiger partial charge in [0.2, 0.25) is 5.88 Å². The summed E-state index contributed by atoms with van der Waals surface area (Å²) in [6.07, 6.45) is 3.44. The van der Waals surface area contributed by atoms with E-state index in [1.54, 1.807) is 12.3 Å². The Labute approximate surface area is 253 Å². The van der Waals surface area contributed by atoms with Crippen LogP contribution in [0.4, 0.5) is 0 Å². The SMILES string of the molecule is CC(C)(C)c1cc(Oc2ccc3c(c2)c2c(O)ccnc2n3-c2ccccc2)nc(-n2c3ccccc3c3cccnc32)c1. The molecule has 8 rings (SSSR count). The van der Waals surface area contributed by atoms with E-state index in [2.05, 4.69) is 59.2 Å². The first kappa shape index (κ1) is 26.0. The van der Waals surface area contributed by atoms with E-state index in [-0.39, 0.29) is 11.2 Å². The number of hydrogen-bond acceptors (Lipinski definition) is 5. The maximum absolute atomic E-state index is 10.9. The zero-order chi connectivity index (χ0) is 30.0. The van der Waals surface area contributed by atoms with Gasteiger partial charge in [0.25, 0.3) is 0 Å². The van der Waals surface area contributed by atoms with Crippen LogP contribution >= 0.6 is 0 Å². The van der Waals surface area contributed by atoms with E-state index in [1.807, 2.05) is 79.0 Å². The molecule has 0 amide bonds. The second kappa shape index (κ2) is 9.67. The fourth-order valence-electron chi connectivity index (χ4n) is 6.03. The molecule has 7 heteroatoms. The van der Waals surface area contributed by atoms with Gasteiger partial charge >= 0.3 is 0 Å². The number of rotatable bonds is 4. The largest absolute Gasteiger partial charge is 0.507 e. The molecule has 0 aliphatic heterocycles. The van der Waals surface area contributed by atoms with Crippen LogP contribution in [0.15, 0.2) is 116 Å². The van der Waals surface area contributed by atoms with E-state index in [0.29, 0.717) is 22.7 Å². The lowest BCUT2D eigenvalue weighted by atomic mass is 9.87. The summed E-state index contributed by atoms with van der Waals surface area (Å²) in [5, 5.41) is 14.6. The number of para-hydroxylation sites is 2. The van der Waals surface area contributed by atoms with Gasteiger partial charge in [-0.1, -0.05) is 57.2 Å². The Morgan fingerprint density at radius 3 is 2.25 bits per heavy atom. The van der Waals surface area contributed by atoms with E-state index in [9.17, 15) is 5.11 Å². The molecule has 0 bridgehead atoms. The van der Waals surface area contributed by atoms with Gasteiger partial charge in [0.05, 0.1) is 16.4 Å². The summed E-state index contributed by atoms with van der Waals surface area (Å²) in [7, 11) is 0. The topological polar surface area (TPSA) is 78.0 Å². The third-order valence-corrected chi connectivity index (χ3v) is 8.15. The lowest BCUT2D eigenvalue weighted by molar-refractivity contribution is 0.458. The molecule has 5 heterocycles. The zero-order valence-corrected chi connectivity index (χ0v) is 24.6. The van der Waals surface area contributed by atoms with Crippen LogP contribution in [-0.2, 0) is 5.41 Å². The molecule has 0 aliphatic rings. The number of benzene rings is 3. The Bertz CT molecular complexity index is 2310. The van der Waals surface area contributed by atoms with Gasteiger partial charge in [-0.2, -0.15) is 4.98 Å². The van der Waals surface area contributed by atoms with Crippen molar-refractivity contribution >= 4 is 43.9 Å². The second-order valence-electron chi connectivity index (χ2n) is 12.0. The molecule has 0 radical (unpaired) electrons. The molecule has 1 N–H and O–H groups in total. The van der Waals surface area contributed by atoms with E-state index in [1.165, 1.54) is 0 Å². The molecular weight excluding hydrogens is 546 g/mol. The van der Waals surface area contributed by atoms with Crippen LogP contribution in [0.25, 0.3) is 55.4 Å². The maximum atomic E-state index is 10.9. The Hall–Kier alpha value is -5.69. The van der Waals surface area contributed by atoms with Crippen molar-refractivity contribution in [3.63, 3.8) is 0 Å². The van der Waals surface area contributed by atoms with Crippen LogP contribution in [0.5, 0.6) is 17.4 Å². The second-order valence-corrected chi connectivity index (χ2v) is 12.0. The number of hydrogen-bond donors (Lipinski definition) is 1. The van der Waals surface area contributed by atoms with Crippen LogP contribution in [0.1, 0.15) is 26.3 Å². The predicted molar refractivity (Wildman–Crippen MR) is 175 cm³/mol. The number of pyridine rings is 3. The van der Waals surface area contributed by atoms with Crippen molar-refractivity contribution in [2.75, 3.05) is 0 Å². The molecule has 0 fully saturated rings. The minimum Gasteiger partial charge on any atom is -0.507 e. The van der Waals surface area contributed by atoms with Crippen LogP contribution in [0.2, 0.25) is 0 Å². The van der Waals surface area contributed by atoms with Crippen LogP contribution in [0.3, 0.4) is 0 Å². The summed E-state index contributed by atoms with van der Waals surface area (Å²) in [5.74, 6) is 1.99. The lowest BCUT2D eigenvalue weighted by Gasteiger charge is -2.21. The molecule has 0 aliphatic carbocycles. The minimum atomic E-state index is -0.160. The fraction of sp³-hybridized carbons (Fsp3) is 0.108. The lowest BCUT2D eigenvalue weighted by Crippen LogP contribution is -2.13. The smallest absolute Gasteiger partial charge is 0.221 e. The zero-order valence-electron chi connectivity index (χ0n) is 24.6. The molecular formula is C37H29N5O2. The normalized spacial score (nSPS) is 12.1.